The minimum atomic E-state index is -4.35. The largest absolute Gasteiger partial charge is 0.416 e. The molecule has 2 rings (SSSR count). The summed E-state index contributed by atoms with van der Waals surface area (Å²) in [5, 5.41) is 12.3. The molecule has 1 fully saturated rings. The fourth-order valence-electron chi connectivity index (χ4n) is 2.79. The molecule has 1 saturated heterocycles. The number of nitrogens with zero attached hydrogens (tertiary/aromatic N) is 1. The maximum Gasteiger partial charge on any atom is 0.416 e. The van der Waals surface area contributed by atoms with Crippen molar-refractivity contribution >= 4 is 15.9 Å². The molecule has 1 aliphatic heterocycles. The molecule has 0 amide bonds. The molecule has 1 aliphatic rings. The van der Waals surface area contributed by atoms with Gasteiger partial charge in [-0.25, -0.2) is 0 Å². The Morgan fingerprint density at radius 2 is 1.95 bits per heavy atom. The first-order valence-corrected chi connectivity index (χ1v) is 8.15. The minimum absolute atomic E-state index is 0.0408. The highest BCUT2D eigenvalue weighted by molar-refractivity contribution is 9.10. The van der Waals surface area contributed by atoms with Crippen LogP contribution in [-0.2, 0) is 6.18 Å². The monoisotopic (exact) mass is 380 g/mol. The van der Waals surface area contributed by atoms with Gasteiger partial charge in [-0.3, -0.25) is 4.90 Å². The van der Waals surface area contributed by atoms with Crippen LogP contribution >= 0.6 is 15.9 Å². The average molecular weight is 381 g/mol. The van der Waals surface area contributed by atoms with Crippen molar-refractivity contribution in [2.45, 2.75) is 25.1 Å². The Morgan fingerprint density at radius 1 is 1.27 bits per heavy atom. The van der Waals surface area contributed by atoms with Gasteiger partial charge in [0.15, 0.2) is 0 Å². The van der Waals surface area contributed by atoms with Crippen LogP contribution in [0.25, 0.3) is 0 Å². The normalized spacial score (nSPS) is 18.4. The quantitative estimate of drug-likeness (QED) is 0.823. The molecule has 124 valence electrons. The number of alkyl halides is 3. The lowest BCUT2D eigenvalue weighted by Gasteiger charge is -2.36. The third-order valence-electron chi connectivity index (χ3n) is 3.91. The highest BCUT2D eigenvalue weighted by atomic mass is 79.9. The van der Waals surface area contributed by atoms with Crippen molar-refractivity contribution in [2.24, 2.45) is 0 Å². The lowest BCUT2D eigenvalue weighted by atomic mass is 9.97. The van der Waals surface area contributed by atoms with Crippen LogP contribution in [0.5, 0.6) is 0 Å². The van der Waals surface area contributed by atoms with E-state index in [-0.39, 0.29) is 12.6 Å². The molecule has 0 aliphatic carbocycles. The smallest absolute Gasteiger partial charge is 0.396 e. The Labute approximate surface area is 136 Å². The number of piperazine rings is 1. The summed E-state index contributed by atoms with van der Waals surface area (Å²) < 4.78 is 39.6. The molecule has 0 aromatic heterocycles. The Balaban J connectivity index is 2.32. The Morgan fingerprint density at radius 3 is 2.55 bits per heavy atom. The summed E-state index contributed by atoms with van der Waals surface area (Å²) in [4.78, 5) is 2.19. The lowest BCUT2D eigenvalue weighted by molar-refractivity contribution is -0.137. The van der Waals surface area contributed by atoms with E-state index in [1.165, 1.54) is 12.1 Å². The minimum Gasteiger partial charge on any atom is -0.396 e. The van der Waals surface area contributed by atoms with Crippen LogP contribution in [0.2, 0.25) is 0 Å². The Hall–Kier alpha value is -0.630. The zero-order chi connectivity index (χ0) is 16.2. The molecule has 0 radical (unpaired) electrons. The molecule has 2 N–H and O–H groups in total. The SMILES string of the molecule is OCCC[C@@H](c1cc(C(F)(F)F)ccc1Br)N1CCNCC1. The fourth-order valence-corrected chi connectivity index (χ4v) is 3.30. The van der Waals surface area contributed by atoms with Gasteiger partial charge in [0.25, 0.3) is 0 Å². The van der Waals surface area contributed by atoms with Crippen molar-refractivity contribution in [3.63, 3.8) is 0 Å². The van der Waals surface area contributed by atoms with Gasteiger partial charge in [0.1, 0.15) is 0 Å². The summed E-state index contributed by atoms with van der Waals surface area (Å²) in [5.41, 5.74) is 0.0139. The van der Waals surface area contributed by atoms with Gasteiger partial charge < -0.3 is 10.4 Å². The van der Waals surface area contributed by atoms with E-state index < -0.39 is 11.7 Å². The van der Waals surface area contributed by atoms with Crippen LogP contribution in [0, 0.1) is 0 Å². The van der Waals surface area contributed by atoms with E-state index in [0.717, 1.165) is 32.2 Å². The summed E-state index contributed by atoms with van der Waals surface area (Å²) in [5.74, 6) is 0. The molecule has 0 spiro atoms. The van der Waals surface area contributed by atoms with Gasteiger partial charge >= 0.3 is 6.18 Å². The lowest BCUT2D eigenvalue weighted by Crippen LogP contribution is -2.45. The van der Waals surface area contributed by atoms with Crippen molar-refractivity contribution in [1.82, 2.24) is 10.2 Å². The Kier molecular flexibility index (Phi) is 6.26. The number of hydrogen-bond donors (Lipinski definition) is 2. The van der Waals surface area contributed by atoms with Crippen molar-refractivity contribution in [2.75, 3.05) is 32.8 Å². The first-order chi connectivity index (χ1) is 10.4. The number of hydrogen-bond acceptors (Lipinski definition) is 3. The van der Waals surface area contributed by atoms with Gasteiger partial charge in [-0.15, -0.1) is 0 Å². The van der Waals surface area contributed by atoms with Crippen LogP contribution in [-0.4, -0.2) is 42.8 Å². The van der Waals surface area contributed by atoms with E-state index in [1.54, 1.807) is 0 Å². The third kappa shape index (κ3) is 4.44. The molecule has 1 heterocycles. The standard InChI is InChI=1S/C15H20BrF3N2O/c16-13-4-3-11(15(17,18)19)10-12(13)14(2-1-9-22)21-7-5-20-6-8-21/h3-4,10,14,20,22H,1-2,5-9H2/t14-/m0/s1. The van der Waals surface area contributed by atoms with Crippen LogP contribution in [0.3, 0.4) is 0 Å². The molecule has 1 aromatic rings. The number of nitrogens with one attached hydrogen (secondary N) is 1. The predicted octanol–water partition coefficient (Wildman–Crippen LogP) is 3.19. The summed E-state index contributed by atoms with van der Waals surface area (Å²) >= 11 is 3.38. The van der Waals surface area contributed by atoms with E-state index in [9.17, 15) is 13.2 Å². The molecule has 0 unspecified atom stereocenters. The van der Waals surface area contributed by atoms with E-state index in [4.69, 9.17) is 5.11 Å². The van der Waals surface area contributed by atoms with Gasteiger partial charge in [0, 0.05) is 43.3 Å². The second-order valence-electron chi connectivity index (χ2n) is 5.40. The van der Waals surface area contributed by atoms with E-state index in [0.29, 0.717) is 22.9 Å². The molecule has 3 nitrogen and oxygen atoms in total. The van der Waals surface area contributed by atoms with Crippen molar-refractivity contribution < 1.29 is 18.3 Å². The molecule has 0 saturated carbocycles. The molecule has 22 heavy (non-hydrogen) atoms. The first kappa shape index (κ1) is 17.7. The zero-order valence-corrected chi connectivity index (χ0v) is 13.8. The van der Waals surface area contributed by atoms with Gasteiger partial charge in [0.2, 0.25) is 0 Å². The summed E-state index contributed by atoms with van der Waals surface area (Å²) in [6.45, 7) is 3.27. The zero-order valence-electron chi connectivity index (χ0n) is 12.2. The topological polar surface area (TPSA) is 35.5 Å². The molecular formula is C15H20BrF3N2O. The molecule has 0 bridgehead atoms. The van der Waals surface area contributed by atoms with Crippen molar-refractivity contribution in [3.8, 4) is 0 Å². The molecular weight excluding hydrogens is 361 g/mol. The van der Waals surface area contributed by atoms with Crippen molar-refractivity contribution in [3.05, 3.63) is 33.8 Å². The van der Waals surface area contributed by atoms with Gasteiger partial charge in [-0.2, -0.15) is 13.2 Å². The summed E-state index contributed by atoms with van der Waals surface area (Å²) in [7, 11) is 0. The number of halogens is 4. The number of aliphatic hydroxyl groups is 1. The summed E-state index contributed by atoms with van der Waals surface area (Å²) in [6, 6.07) is 3.67. The van der Waals surface area contributed by atoms with Crippen LogP contribution < -0.4 is 5.32 Å². The van der Waals surface area contributed by atoms with E-state index in [1.807, 2.05) is 0 Å². The van der Waals surface area contributed by atoms with Crippen LogP contribution in [0.15, 0.2) is 22.7 Å². The van der Waals surface area contributed by atoms with Crippen LogP contribution in [0.4, 0.5) is 13.2 Å². The van der Waals surface area contributed by atoms with Gasteiger partial charge in [-0.1, -0.05) is 15.9 Å². The van der Waals surface area contributed by atoms with E-state index >= 15 is 0 Å². The fraction of sp³-hybridized carbons (Fsp3) is 0.600. The predicted molar refractivity (Wildman–Crippen MR) is 82.6 cm³/mol. The Bertz CT molecular complexity index is 490. The van der Waals surface area contributed by atoms with Crippen molar-refractivity contribution in [1.29, 1.82) is 0 Å². The second kappa shape index (κ2) is 7.77. The first-order valence-electron chi connectivity index (χ1n) is 7.35. The van der Waals surface area contributed by atoms with Crippen LogP contribution in [0.1, 0.15) is 30.0 Å². The number of benzene rings is 1. The number of aliphatic hydroxyl groups excluding tert-OH is 1. The number of rotatable bonds is 5. The summed E-state index contributed by atoms with van der Waals surface area (Å²) in [6.07, 6.45) is -3.14. The average Bonchev–Trinajstić information content (AvgIpc) is 2.49. The third-order valence-corrected chi connectivity index (χ3v) is 4.63. The van der Waals surface area contributed by atoms with E-state index in [2.05, 4.69) is 26.1 Å². The second-order valence-corrected chi connectivity index (χ2v) is 6.26. The molecule has 1 aromatic carbocycles. The molecule has 1 atom stereocenters. The van der Waals surface area contributed by atoms with Gasteiger partial charge in [0.05, 0.1) is 5.56 Å². The van der Waals surface area contributed by atoms with Gasteiger partial charge in [-0.05, 0) is 36.6 Å². The highest BCUT2D eigenvalue weighted by Gasteiger charge is 2.32. The highest BCUT2D eigenvalue weighted by Crippen LogP contribution is 2.37. The maximum absolute atomic E-state index is 13.0. The molecule has 7 heteroatoms. The maximum atomic E-state index is 13.0.